The SMILES string of the molecule is CC(C)(C)OC(=O)N1CCN2C(=O)N(c3ccc(C=O)cc3)C[C@@H]2C1. The molecule has 3 amide bonds. The lowest BCUT2D eigenvalue weighted by Gasteiger charge is -2.36. The first-order chi connectivity index (χ1) is 11.8. The van der Waals surface area contributed by atoms with Crippen molar-refractivity contribution in [1.29, 1.82) is 0 Å². The van der Waals surface area contributed by atoms with Crippen molar-refractivity contribution in [2.45, 2.75) is 32.4 Å². The van der Waals surface area contributed by atoms with Gasteiger partial charge in [-0.05, 0) is 45.0 Å². The molecule has 25 heavy (non-hydrogen) atoms. The number of benzene rings is 1. The summed E-state index contributed by atoms with van der Waals surface area (Å²) < 4.78 is 5.43. The van der Waals surface area contributed by atoms with Crippen LogP contribution in [0.25, 0.3) is 0 Å². The Morgan fingerprint density at radius 3 is 2.44 bits per heavy atom. The standard InChI is InChI=1S/C18H23N3O4/c1-18(2,3)25-17(24)19-8-9-20-15(10-19)11-21(16(20)23)14-6-4-13(12-22)5-7-14/h4-7,12,15H,8-11H2,1-3H3/t15-/m0/s1. The van der Waals surface area contributed by atoms with E-state index in [1.54, 1.807) is 39.0 Å². The van der Waals surface area contributed by atoms with Crippen molar-refractivity contribution >= 4 is 24.1 Å². The summed E-state index contributed by atoms with van der Waals surface area (Å²) in [7, 11) is 0. The van der Waals surface area contributed by atoms with E-state index in [2.05, 4.69) is 0 Å². The van der Waals surface area contributed by atoms with Gasteiger partial charge in [-0.2, -0.15) is 0 Å². The van der Waals surface area contributed by atoms with E-state index in [4.69, 9.17) is 4.74 Å². The number of piperazine rings is 1. The second-order valence-corrected chi connectivity index (χ2v) is 7.38. The third kappa shape index (κ3) is 3.60. The lowest BCUT2D eigenvalue weighted by atomic mass is 10.2. The van der Waals surface area contributed by atoms with Gasteiger partial charge in [-0.15, -0.1) is 0 Å². The van der Waals surface area contributed by atoms with Gasteiger partial charge in [0.15, 0.2) is 0 Å². The molecule has 7 heteroatoms. The van der Waals surface area contributed by atoms with Crippen molar-refractivity contribution in [1.82, 2.24) is 9.80 Å². The Kier molecular flexibility index (Phi) is 4.41. The van der Waals surface area contributed by atoms with E-state index in [1.165, 1.54) is 0 Å². The molecule has 0 unspecified atom stereocenters. The third-order valence-corrected chi connectivity index (χ3v) is 4.35. The molecule has 2 heterocycles. The third-order valence-electron chi connectivity index (χ3n) is 4.35. The van der Waals surface area contributed by atoms with Crippen molar-refractivity contribution in [3.8, 4) is 0 Å². The number of rotatable bonds is 2. The summed E-state index contributed by atoms with van der Waals surface area (Å²) in [5, 5.41) is 0. The average molecular weight is 345 g/mol. The van der Waals surface area contributed by atoms with E-state index in [0.717, 1.165) is 12.0 Å². The van der Waals surface area contributed by atoms with Crippen LogP contribution in [0.3, 0.4) is 0 Å². The first-order valence-corrected chi connectivity index (χ1v) is 8.40. The number of amides is 3. The van der Waals surface area contributed by atoms with E-state index < -0.39 is 5.60 Å². The molecule has 1 atom stereocenters. The molecular formula is C18H23N3O4. The van der Waals surface area contributed by atoms with Gasteiger partial charge >= 0.3 is 12.1 Å². The first-order valence-electron chi connectivity index (χ1n) is 8.40. The fraction of sp³-hybridized carbons (Fsp3) is 0.500. The second-order valence-electron chi connectivity index (χ2n) is 7.38. The molecule has 3 rings (SSSR count). The van der Waals surface area contributed by atoms with Crippen LogP contribution in [0, 0.1) is 0 Å². The average Bonchev–Trinajstić information content (AvgIpc) is 2.90. The summed E-state index contributed by atoms with van der Waals surface area (Å²) in [5.41, 5.74) is 0.796. The zero-order valence-corrected chi connectivity index (χ0v) is 14.8. The van der Waals surface area contributed by atoms with Gasteiger partial charge in [-0.25, -0.2) is 9.59 Å². The minimum Gasteiger partial charge on any atom is -0.444 e. The normalized spacial score (nSPS) is 20.5. The van der Waals surface area contributed by atoms with Crippen molar-refractivity contribution in [2.75, 3.05) is 31.1 Å². The maximum absolute atomic E-state index is 12.6. The Morgan fingerprint density at radius 2 is 1.84 bits per heavy atom. The fourth-order valence-electron chi connectivity index (χ4n) is 3.15. The molecule has 1 aromatic rings. The van der Waals surface area contributed by atoms with E-state index >= 15 is 0 Å². The maximum Gasteiger partial charge on any atom is 0.410 e. The number of ether oxygens (including phenoxy) is 1. The van der Waals surface area contributed by atoms with Crippen molar-refractivity contribution in [3.63, 3.8) is 0 Å². The van der Waals surface area contributed by atoms with Crippen molar-refractivity contribution in [2.24, 2.45) is 0 Å². The monoisotopic (exact) mass is 345 g/mol. The lowest BCUT2D eigenvalue weighted by Crippen LogP contribution is -2.54. The van der Waals surface area contributed by atoms with Gasteiger partial charge in [0.05, 0.1) is 6.04 Å². The molecule has 0 N–H and O–H groups in total. The van der Waals surface area contributed by atoms with Gasteiger partial charge in [0.1, 0.15) is 11.9 Å². The van der Waals surface area contributed by atoms with Crippen LogP contribution in [0.15, 0.2) is 24.3 Å². The lowest BCUT2D eigenvalue weighted by molar-refractivity contribution is 0.0128. The molecule has 1 aromatic carbocycles. The maximum atomic E-state index is 12.6. The number of nitrogens with zero attached hydrogens (tertiary/aromatic N) is 3. The Balaban J connectivity index is 1.69. The van der Waals surface area contributed by atoms with Gasteiger partial charge in [-0.1, -0.05) is 0 Å². The highest BCUT2D eigenvalue weighted by Gasteiger charge is 2.42. The molecule has 2 fully saturated rings. The van der Waals surface area contributed by atoms with Gasteiger partial charge in [0.2, 0.25) is 0 Å². The number of hydrogen-bond acceptors (Lipinski definition) is 4. The van der Waals surface area contributed by atoms with Gasteiger partial charge in [-0.3, -0.25) is 9.69 Å². The van der Waals surface area contributed by atoms with Gasteiger partial charge in [0, 0.05) is 37.4 Å². The summed E-state index contributed by atoms with van der Waals surface area (Å²) >= 11 is 0. The smallest absolute Gasteiger partial charge is 0.410 e. The van der Waals surface area contributed by atoms with E-state index in [0.29, 0.717) is 31.7 Å². The second kappa shape index (κ2) is 6.38. The van der Waals surface area contributed by atoms with Gasteiger partial charge in [0.25, 0.3) is 0 Å². The highest BCUT2D eigenvalue weighted by molar-refractivity contribution is 5.95. The summed E-state index contributed by atoms with van der Waals surface area (Å²) in [6.07, 6.45) is 0.436. The highest BCUT2D eigenvalue weighted by atomic mass is 16.6. The number of carbonyl (C=O) groups excluding carboxylic acids is 3. The predicted molar refractivity (Wildman–Crippen MR) is 92.9 cm³/mol. The summed E-state index contributed by atoms with van der Waals surface area (Å²) in [6, 6.07) is 6.81. The fourth-order valence-corrected chi connectivity index (χ4v) is 3.15. The van der Waals surface area contributed by atoms with Crippen LogP contribution in [0.5, 0.6) is 0 Å². The van der Waals surface area contributed by atoms with Crippen LogP contribution in [0.2, 0.25) is 0 Å². The largest absolute Gasteiger partial charge is 0.444 e. The number of aldehydes is 1. The molecular weight excluding hydrogens is 322 g/mol. The zero-order valence-electron chi connectivity index (χ0n) is 14.8. The number of urea groups is 1. The van der Waals surface area contributed by atoms with E-state index in [-0.39, 0.29) is 18.2 Å². The van der Waals surface area contributed by atoms with Crippen LogP contribution in [0.1, 0.15) is 31.1 Å². The van der Waals surface area contributed by atoms with Crippen LogP contribution in [-0.2, 0) is 4.74 Å². The molecule has 2 aliphatic rings. The Bertz CT molecular complexity index is 681. The van der Waals surface area contributed by atoms with Crippen molar-refractivity contribution in [3.05, 3.63) is 29.8 Å². The Morgan fingerprint density at radius 1 is 1.16 bits per heavy atom. The van der Waals surface area contributed by atoms with Crippen LogP contribution < -0.4 is 4.90 Å². The first kappa shape index (κ1) is 17.3. The van der Waals surface area contributed by atoms with Crippen molar-refractivity contribution < 1.29 is 19.1 Å². The zero-order chi connectivity index (χ0) is 18.2. The molecule has 0 saturated carbocycles. The van der Waals surface area contributed by atoms with Crippen LogP contribution in [-0.4, -0.2) is 66.0 Å². The minimum absolute atomic E-state index is 0.0560. The van der Waals surface area contributed by atoms with Gasteiger partial charge < -0.3 is 14.5 Å². The topological polar surface area (TPSA) is 70.2 Å². The molecule has 0 radical (unpaired) electrons. The Labute approximate surface area is 147 Å². The molecule has 134 valence electrons. The quantitative estimate of drug-likeness (QED) is 0.772. The molecule has 0 aromatic heterocycles. The Hall–Kier alpha value is -2.57. The summed E-state index contributed by atoms with van der Waals surface area (Å²) in [6.45, 7) is 7.45. The van der Waals surface area contributed by atoms with Crippen LogP contribution in [0.4, 0.5) is 15.3 Å². The minimum atomic E-state index is -0.536. The predicted octanol–water partition coefficient (Wildman–Crippen LogP) is 2.36. The molecule has 0 bridgehead atoms. The highest BCUT2D eigenvalue weighted by Crippen LogP contribution is 2.27. The van der Waals surface area contributed by atoms with Crippen LogP contribution >= 0.6 is 0 Å². The number of fused-ring (bicyclic) bond motifs is 1. The molecule has 0 aliphatic carbocycles. The number of hydrogen-bond donors (Lipinski definition) is 0. The summed E-state index contributed by atoms with van der Waals surface area (Å²) in [5.74, 6) is 0. The number of carbonyl (C=O) groups is 3. The van der Waals surface area contributed by atoms with E-state index in [9.17, 15) is 14.4 Å². The van der Waals surface area contributed by atoms with E-state index in [1.807, 2.05) is 20.8 Å². The molecule has 2 saturated heterocycles. The summed E-state index contributed by atoms with van der Waals surface area (Å²) in [4.78, 5) is 40.8. The molecule has 0 spiro atoms. The number of anilines is 1. The molecule has 7 nitrogen and oxygen atoms in total. The molecule has 2 aliphatic heterocycles.